The molecule has 0 aliphatic carbocycles. The van der Waals surface area contributed by atoms with E-state index in [0.717, 1.165) is 23.1 Å². The Bertz CT molecular complexity index is 1200. The van der Waals surface area contributed by atoms with E-state index in [1.165, 1.54) is 13.0 Å². The zero-order chi connectivity index (χ0) is 23.8. The molecule has 0 bridgehead atoms. The van der Waals surface area contributed by atoms with Crippen LogP contribution in [0.5, 0.6) is 0 Å². The molecular formula is C21H17F3N4O5. The molecule has 33 heavy (non-hydrogen) atoms. The van der Waals surface area contributed by atoms with E-state index in [1.54, 1.807) is 29.2 Å². The highest BCUT2D eigenvalue weighted by molar-refractivity contribution is 6.11. The zero-order valence-corrected chi connectivity index (χ0v) is 17.1. The van der Waals surface area contributed by atoms with Crippen molar-refractivity contribution in [3.8, 4) is 0 Å². The predicted molar refractivity (Wildman–Crippen MR) is 107 cm³/mol. The van der Waals surface area contributed by atoms with Crippen LogP contribution >= 0.6 is 0 Å². The summed E-state index contributed by atoms with van der Waals surface area (Å²) in [5, 5.41) is 6.35. The number of rotatable bonds is 5. The van der Waals surface area contributed by atoms with Gasteiger partial charge in [0.15, 0.2) is 6.10 Å². The van der Waals surface area contributed by atoms with Crippen molar-refractivity contribution >= 4 is 29.2 Å². The number of ether oxygens (including phenoxy) is 1. The summed E-state index contributed by atoms with van der Waals surface area (Å²) in [6.45, 7) is 1.15. The number of halogens is 3. The first-order valence-electron chi connectivity index (χ1n) is 9.71. The molecule has 0 fully saturated rings. The minimum atomic E-state index is -4.62. The lowest BCUT2D eigenvalue weighted by Gasteiger charge is -2.31. The number of benzene rings is 1. The Kier molecular flexibility index (Phi) is 5.66. The molecule has 1 unspecified atom stereocenters. The Morgan fingerprint density at radius 1 is 1.27 bits per heavy atom. The van der Waals surface area contributed by atoms with Crippen LogP contribution in [0.2, 0.25) is 0 Å². The van der Waals surface area contributed by atoms with Gasteiger partial charge in [0.2, 0.25) is 11.7 Å². The van der Waals surface area contributed by atoms with Gasteiger partial charge in [-0.1, -0.05) is 0 Å². The molecule has 0 radical (unpaired) electrons. The standard InChI is InChI=1S/C21H17F3N4O5/c1-12(32-20(31)17-6-4-14(33-17)10-27-8-2-7-25-27)19(30)28-11-18(29)26-15-9-13(21(22,23)24)3-5-16(15)28/h2-9,12H,10-11H2,1H3,(H,26,29). The van der Waals surface area contributed by atoms with Gasteiger partial charge in [0.1, 0.15) is 12.3 Å². The quantitative estimate of drug-likeness (QED) is 0.584. The van der Waals surface area contributed by atoms with Gasteiger partial charge < -0.3 is 14.5 Å². The maximum absolute atomic E-state index is 13.0. The normalized spacial score (nSPS) is 14.4. The Balaban J connectivity index is 1.47. The third kappa shape index (κ3) is 4.73. The second kappa shape index (κ2) is 8.45. The van der Waals surface area contributed by atoms with Crippen LogP contribution in [0.25, 0.3) is 0 Å². The van der Waals surface area contributed by atoms with Crippen LogP contribution in [0, 0.1) is 0 Å². The fourth-order valence-corrected chi connectivity index (χ4v) is 3.28. The third-order valence-electron chi connectivity index (χ3n) is 4.83. The summed E-state index contributed by atoms with van der Waals surface area (Å²) in [4.78, 5) is 38.2. The molecule has 0 saturated carbocycles. The number of carbonyl (C=O) groups is 3. The van der Waals surface area contributed by atoms with E-state index < -0.39 is 42.2 Å². The van der Waals surface area contributed by atoms with Crippen molar-refractivity contribution in [2.45, 2.75) is 25.7 Å². The van der Waals surface area contributed by atoms with Gasteiger partial charge >= 0.3 is 12.1 Å². The Morgan fingerprint density at radius 3 is 2.76 bits per heavy atom. The largest absolute Gasteiger partial charge is 0.452 e. The summed E-state index contributed by atoms with van der Waals surface area (Å²) in [6, 6.07) is 7.31. The van der Waals surface area contributed by atoms with Gasteiger partial charge in [-0.2, -0.15) is 18.3 Å². The molecule has 172 valence electrons. The molecule has 0 spiro atoms. The molecule has 2 aromatic heterocycles. The first-order valence-corrected chi connectivity index (χ1v) is 9.71. The molecule has 2 amide bonds. The minimum Gasteiger partial charge on any atom is -0.452 e. The Morgan fingerprint density at radius 2 is 2.06 bits per heavy atom. The number of alkyl halides is 3. The van der Waals surface area contributed by atoms with Gasteiger partial charge in [-0.05, 0) is 43.3 Å². The van der Waals surface area contributed by atoms with Crippen LogP contribution in [0.1, 0.15) is 28.8 Å². The predicted octanol–water partition coefficient (Wildman–Crippen LogP) is 3.07. The summed E-state index contributed by atoms with van der Waals surface area (Å²) in [7, 11) is 0. The van der Waals surface area contributed by atoms with E-state index in [2.05, 4.69) is 10.4 Å². The monoisotopic (exact) mass is 462 g/mol. The lowest BCUT2D eigenvalue weighted by atomic mass is 10.1. The number of nitrogens with zero attached hydrogens (tertiary/aromatic N) is 3. The van der Waals surface area contributed by atoms with Crippen LogP contribution in [0.15, 0.2) is 53.2 Å². The highest BCUT2D eigenvalue weighted by Crippen LogP contribution is 2.37. The molecule has 1 atom stereocenters. The molecule has 9 nitrogen and oxygen atoms in total. The second-order valence-corrected chi connectivity index (χ2v) is 7.22. The van der Waals surface area contributed by atoms with Gasteiger partial charge in [-0.15, -0.1) is 0 Å². The number of nitrogens with one attached hydrogen (secondary N) is 1. The van der Waals surface area contributed by atoms with Gasteiger partial charge in [-0.3, -0.25) is 19.2 Å². The molecule has 1 aliphatic rings. The molecule has 12 heteroatoms. The van der Waals surface area contributed by atoms with Crippen molar-refractivity contribution < 1.29 is 36.7 Å². The summed E-state index contributed by atoms with van der Waals surface area (Å²) in [5.41, 5.74) is -1.07. The summed E-state index contributed by atoms with van der Waals surface area (Å²) >= 11 is 0. The third-order valence-corrected chi connectivity index (χ3v) is 4.83. The minimum absolute atomic E-state index is 0.0648. The van der Waals surface area contributed by atoms with Crippen molar-refractivity contribution in [2.24, 2.45) is 0 Å². The number of furan rings is 1. The number of aromatic nitrogens is 2. The SMILES string of the molecule is CC(OC(=O)c1ccc(Cn2cccn2)o1)C(=O)N1CC(=O)Nc2cc(C(F)(F)F)ccc21. The number of amides is 2. The molecule has 3 aromatic rings. The van der Waals surface area contributed by atoms with Crippen molar-refractivity contribution in [3.63, 3.8) is 0 Å². The van der Waals surface area contributed by atoms with E-state index in [-0.39, 0.29) is 23.7 Å². The fourth-order valence-electron chi connectivity index (χ4n) is 3.28. The van der Waals surface area contributed by atoms with Crippen molar-refractivity contribution in [1.82, 2.24) is 9.78 Å². The Hall–Kier alpha value is -4.09. The molecule has 1 aliphatic heterocycles. The van der Waals surface area contributed by atoms with Crippen molar-refractivity contribution in [2.75, 3.05) is 16.8 Å². The lowest BCUT2D eigenvalue weighted by molar-refractivity contribution is -0.137. The van der Waals surface area contributed by atoms with E-state index >= 15 is 0 Å². The molecule has 4 rings (SSSR count). The van der Waals surface area contributed by atoms with E-state index in [1.807, 2.05) is 0 Å². The first kappa shape index (κ1) is 22.1. The summed E-state index contributed by atoms with van der Waals surface area (Å²) < 4.78 is 51.1. The average Bonchev–Trinajstić information content (AvgIpc) is 3.44. The molecule has 3 heterocycles. The molecule has 0 saturated heterocycles. The number of hydrogen-bond acceptors (Lipinski definition) is 6. The lowest BCUT2D eigenvalue weighted by Crippen LogP contribution is -2.47. The summed E-state index contributed by atoms with van der Waals surface area (Å²) in [6.07, 6.45) is -2.65. The van der Waals surface area contributed by atoms with Crippen LogP contribution < -0.4 is 10.2 Å². The number of fused-ring (bicyclic) bond motifs is 1. The van der Waals surface area contributed by atoms with Crippen LogP contribution in [-0.4, -0.2) is 40.2 Å². The van der Waals surface area contributed by atoms with Crippen LogP contribution in [0.3, 0.4) is 0 Å². The highest BCUT2D eigenvalue weighted by atomic mass is 19.4. The average molecular weight is 462 g/mol. The van der Waals surface area contributed by atoms with Crippen LogP contribution in [0.4, 0.5) is 24.5 Å². The smallest absolute Gasteiger partial charge is 0.416 e. The van der Waals surface area contributed by atoms with Gasteiger partial charge in [0, 0.05) is 12.4 Å². The first-order chi connectivity index (χ1) is 15.6. The van der Waals surface area contributed by atoms with Gasteiger partial charge in [0.05, 0.1) is 23.5 Å². The van der Waals surface area contributed by atoms with Gasteiger partial charge in [-0.25, -0.2) is 4.79 Å². The Labute approximate surface area is 184 Å². The van der Waals surface area contributed by atoms with E-state index in [4.69, 9.17) is 9.15 Å². The van der Waals surface area contributed by atoms with Crippen molar-refractivity contribution in [3.05, 3.63) is 65.9 Å². The topological polar surface area (TPSA) is 107 Å². The molecule has 1 N–H and O–H groups in total. The number of anilines is 2. The van der Waals surface area contributed by atoms with Crippen molar-refractivity contribution in [1.29, 1.82) is 0 Å². The zero-order valence-electron chi connectivity index (χ0n) is 17.1. The maximum atomic E-state index is 13.0. The summed E-state index contributed by atoms with van der Waals surface area (Å²) in [5.74, 6) is -2.06. The molecule has 1 aromatic carbocycles. The van der Waals surface area contributed by atoms with Crippen LogP contribution in [-0.2, 0) is 27.0 Å². The van der Waals surface area contributed by atoms with Gasteiger partial charge in [0.25, 0.3) is 5.91 Å². The highest BCUT2D eigenvalue weighted by Gasteiger charge is 2.36. The number of carbonyl (C=O) groups excluding carboxylic acids is 3. The number of hydrogen-bond donors (Lipinski definition) is 1. The van der Waals surface area contributed by atoms with E-state index in [0.29, 0.717) is 5.76 Å². The van der Waals surface area contributed by atoms with E-state index in [9.17, 15) is 27.6 Å². The number of esters is 1. The maximum Gasteiger partial charge on any atom is 0.416 e. The molecular weight excluding hydrogens is 445 g/mol. The second-order valence-electron chi connectivity index (χ2n) is 7.22. The fraction of sp³-hybridized carbons (Fsp3) is 0.238.